The lowest BCUT2D eigenvalue weighted by Gasteiger charge is -2.25. The summed E-state index contributed by atoms with van der Waals surface area (Å²) >= 11 is 5.86. The number of aliphatic hydroxyl groups is 1. The third-order valence-electron chi connectivity index (χ3n) is 3.31. The first-order valence-electron chi connectivity index (χ1n) is 6.28. The minimum atomic E-state index is -1.02. The standard InChI is InChI=1S/C13H17ClN2O4/c1-3-13(18,4-2)8-15-12(17)11-9(14)6-5-7-10(11)16(19)20/h5-7,18H,3-4,8H2,1-2H3,(H,15,17). The minimum Gasteiger partial charge on any atom is -0.388 e. The van der Waals surface area contributed by atoms with E-state index in [0.717, 1.165) is 0 Å². The summed E-state index contributed by atoms with van der Waals surface area (Å²) < 4.78 is 0. The molecule has 0 saturated heterocycles. The summed E-state index contributed by atoms with van der Waals surface area (Å²) in [6, 6.07) is 4.04. The maximum Gasteiger partial charge on any atom is 0.283 e. The molecular weight excluding hydrogens is 284 g/mol. The van der Waals surface area contributed by atoms with Crippen LogP contribution in [0.5, 0.6) is 0 Å². The van der Waals surface area contributed by atoms with Gasteiger partial charge in [-0.3, -0.25) is 14.9 Å². The number of carbonyl (C=O) groups is 1. The highest BCUT2D eigenvalue weighted by atomic mass is 35.5. The van der Waals surface area contributed by atoms with E-state index >= 15 is 0 Å². The Hall–Kier alpha value is -1.66. The van der Waals surface area contributed by atoms with Gasteiger partial charge in [0.05, 0.1) is 15.5 Å². The van der Waals surface area contributed by atoms with E-state index < -0.39 is 16.4 Å². The van der Waals surface area contributed by atoms with Gasteiger partial charge in [-0.2, -0.15) is 0 Å². The van der Waals surface area contributed by atoms with Crippen LogP contribution in [0, 0.1) is 10.1 Å². The Morgan fingerprint density at radius 3 is 2.55 bits per heavy atom. The number of nitrogens with zero attached hydrogens (tertiary/aromatic N) is 1. The van der Waals surface area contributed by atoms with Crippen molar-refractivity contribution in [1.29, 1.82) is 0 Å². The smallest absolute Gasteiger partial charge is 0.283 e. The SMILES string of the molecule is CCC(O)(CC)CNC(=O)c1c(Cl)cccc1[N+](=O)[O-]. The predicted molar refractivity (Wildman–Crippen MR) is 76.0 cm³/mol. The summed E-state index contributed by atoms with van der Waals surface area (Å²) in [5.74, 6) is -0.664. The van der Waals surface area contributed by atoms with Crippen LogP contribution in [0.25, 0.3) is 0 Å². The Morgan fingerprint density at radius 2 is 2.05 bits per heavy atom. The molecule has 110 valence electrons. The van der Waals surface area contributed by atoms with Gasteiger partial charge in [-0.15, -0.1) is 0 Å². The molecule has 1 aromatic rings. The summed E-state index contributed by atoms with van der Waals surface area (Å²) in [5.41, 5.74) is -1.56. The second kappa shape index (κ2) is 6.67. The fraction of sp³-hybridized carbons (Fsp3) is 0.462. The van der Waals surface area contributed by atoms with Crippen molar-refractivity contribution < 1.29 is 14.8 Å². The average Bonchev–Trinajstić information content (AvgIpc) is 2.44. The highest BCUT2D eigenvalue weighted by molar-refractivity contribution is 6.34. The molecule has 0 unspecified atom stereocenters. The summed E-state index contributed by atoms with van der Waals surface area (Å²) in [5, 5.41) is 23.5. The van der Waals surface area contributed by atoms with Crippen molar-refractivity contribution in [2.75, 3.05) is 6.54 Å². The molecule has 0 fully saturated rings. The zero-order valence-electron chi connectivity index (χ0n) is 11.4. The monoisotopic (exact) mass is 300 g/mol. The highest BCUT2D eigenvalue weighted by Crippen LogP contribution is 2.26. The number of hydrogen-bond donors (Lipinski definition) is 2. The van der Waals surface area contributed by atoms with E-state index in [0.29, 0.717) is 12.8 Å². The van der Waals surface area contributed by atoms with Crippen LogP contribution in [0.3, 0.4) is 0 Å². The molecule has 0 saturated carbocycles. The number of nitro groups is 1. The summed E-state index contributed by atoms with van der Waals surface area (Å²) in [6.45, 7) is 3.61. The third-order valence-corrected chi connectivity index (χ3v) is 3.62. The minimum absolute atomic E-state index is 0.00763. The van der Waals surface area contributed by atoms with Gasteiger partial charge >= 0.3 is 0 Å². The van der Waals surface area contributed by atoms with Gasteiger partial charge in [0.25, 0.3) is 11.6 Å². The van der Waals surface area contributed by atoms with Crippen molar-refractivity contribution in [2.45, 2.75) is 32.3 Å². The first kappa shape index (κ1) is 16.4. The Morgan fingerprint density at radius 1 is 1.45 bits per heavy atom. The van der Waals surface area contributed by atoms with E-state index in [9.17, 15) is 20.0 Å². The number of nitrogens with one attached hydrogen (secondary N) is 1. The molecule has 0 atom stereocenters. The molecule has 7 heteroatoms. The molecule has 1 amide bonds. The Kier molecular flexibility index (Phi) is 5.47. The number of nitro benzene ring substituents is 1. The lowest BCUT2D eigenvalue weighted by molar-refractivity contribution is -0.385. The molecule has 0 heterocycles. The van der Waals surface area contributed by atoms with Gasteiger partial charge in [0, 0.05) is 12.6 Å². The van der Waals surface area contributed by atoms with Gasteiger partial charge in [-0.1, -0.05) is 31.5 Å². The molecule has 0 radical (unpaired) electrons. The molecule has 1 aromatic carbocycles. The number of benzene rings is 1. The molecule has 6 nitrogen and oxygen atoms in total. The molecule has 0 aliphatic rings. The van der Waals surface area contributed by atoms with Crippen molar-refractivity contribution in [3.8, 4) is 0 Å². The van der Waals surface area contributed by atoms with Crippen LogP contribution in [0.2, 0.25) is 5.02 Å². The number of hydrogen-bond acceptors (Lipinski definition) is 4. The van der Waals surface area contributed by atoms with Gasteiger partial charge in [0.2, 0.25) is 0 Å². The Labute approximate surface area is 121 Å². The lowest BCUT2D eigenvalue weighted by atomic mass is 9.97. The summed E-state index contributed by atoms with van der Waals surface area (Å²) in [4.78, 5) is 22.3. The van der Waals surface area contributed by atoms with E-state index in [-0.39, 0.29) is 22.8 Å². The van der Waals surface area contributed by atoms with Crippen molar-refractivity contribution in [2.24, 2.45) is 0 Å². The zero-order chi connectivity index (χ0) is 15.3. The fourth-order valence-corrected chi connectivity index (χ4v) is 1.98. The van der Waals surface area contributed by atoms with Crippen molar-refractivity contribution in [3.63, 3.8) is 0 Å². The maximum atomic E-state index is 12.1. The number of amides is 1. The van der Waals surface area contributed by atoms with Crippen LogP contribution in [0.15, 0.2) is 18.2 Å². The normalized spacial score (nSPS) is 11.2. The van der Waals surface area contributed by atoms with Crippen LogP contribution in [0.4, 0.5) is 5.69 Å². The van der Waals surface area contributed by atoms with Crippen LogP contribution < -0.4 is 5.32 Å². The molecule has 0 aliphatic heterocycles. The molecule has 20 heavy (non-hydrogen) atoms. The fourth-order valence-electron chi connectivity index (χ4n) is 1.72. The number of carbonyl (C=O) groups excluding carboxylic acids is 1. The topological polar surface area (TPSA) is 92.5 Å². The summed E-state index contributed by atoms with van der Waals surface area (Å²) in [6.07, 6.45) is 0.933. The molecule has 0 spiro atoms. The van der Waals surface area contributed by atoms with Gasteiger partial charge in [0.1, 0.15) is 5.56 Å². The number of halogens is 1. The van der Waals surface area contributed by atoms with E-state index in [1.54, 1.807) is 13.8 Å². The predicted octanol–water partition coefficient (Wildman–Crippen LogP) is 2.53. The third kappa shape index (κ3) is 3.68. The molecule has 1 rings (SSSR count). The zero-order valence-corrected chi connectivity index (χ0v) is 12.1. The lowest BCUT2D eigenvalue weighted by Crippen LogP contribution is -2.42. The second-order valence-electron chi connectivity index (χ2n) is 4.51. The van der Waals surface area contributed by atoms with Crippen LogP contribution >= 0.6 is 11.6 Å². The molecule has 2 N–H and O–H groups in total. The van der Waals surface area contributed by atoms with Crippen LogP contribution in [0.1, 0.15) is 37.0 Å². The van der Waals surface area contributed by atoms with Crippen LogP contribution in [-0.4, -0.2) is 28.1 Å². The van der Waals surface area contributed by atoms with E-state index in [4.69, 9.17) is 11.6 Å². The Balaban J connectivity index is 2.96. The van der Waals surface area contributed by atoms with Gasteiger partial charge in [0.15, 0.2) is 0 Å². The van der Waals surface area contributed by atoms with Gasteiger partial charge in [-0.05, 0) is 18.9 Å². The summed E-state index contributed by atoms with van der Waals surface area (Å²) in [7, 11) is 0. The van der Waals surface area contributed by atoms with E-state index in [2.05, 4.69) is 5.32 Å². The second-order valence-corrected chi connectivity index (χ2v) is 4.91. The molecule has 0 aliphatic carbocycles. The van der Waals surface area contributed by atoms with Gasteiger partial charge in [-0.25, -0.2) is 0 Å². The van der Waals surface area contributed by atoms with Crippen molar-refractivity contribution >= 4 is 23.2 Å². The maximum absolute atomic E-state index is 12.1. The van der Waals surface area contributed by atoms with Gasteiger partial charge < -0.3 is 10.4 Å². The van der Waals surface area contributed by atoms with Crippen LogP contribution in [-0.2, 0) is 0 Å². The molecule has 0 aromatic heterocycles. The first-order valence-corrected chi connectivity index (χ1v) is 6.66. The number of rotatable bonds is 6. The van der Waals surface area contributed by atoms with E-state index in [1.165, 1.54) is 18.2 Å². The first-order chi connectivity index (χ1) is 9.34. The Bertz CT molecular complexity index is 515. The van der Waals surface area contributed by atoms with E-state index in [1.807, 2.05) is 0 Å². The van der Waals surface area contributed by atoms with Crippen molar-refractivity contribution in [3.05, 3.63) is 38.9 Å². The largest absolute Gasteiger partial charge is 0.388 e. The quantitative estimate of drug-likeness (QED) is 0.623. The molecule has 0 bridgehead atoms. The molecular formula is C13H17ClN2O4. The van der Waals surface area contributed by atoms with Crippen molar-refractivity contribution in [1.82, 2.24) is 5.32 Å². The highest BCUT2D eigenvalue weighted by Gasteiger charge is 2.27. The average molecular weight is 301 g/mol.